The average Bonchev–Trinajstić information content (AvgIpc) is 2.36. The maximum atomic E-state index is 12.2. The molecule has 1 amide bonds. The molecule has 0 heterocycles. The molecule has 1 rings (SSSR count). The first-order valence-electron chi connectivity index (χ1n) is 6.02. The fraction of sp³-hybridized carbons (Fsp3) is 0.500. The van der Waals surface area contributed by atoms with Crippen LogP contribution in [0.25, 0.3) is 0 Å². The number of ether oxygens (including phenoxy) is 1. The number of likely N-dealkylation sites (N-methyl/N-ethyl adjacent to an activating group) is 1. The lowest BCUT2D eigenvalue weighted by Crippen LogP contribution is -2.30. The van der Waals surface area contributed by atoms with Crippen molar-refractivity contribution in [3.8, 4) is 0 Å². The van der Waals surface area contributed by atoms with Gasteiger partial charge in [-0.25, -0.2) is 0 Å². The zero-order valence-electron chi connectivity index (χ0n) is 11.2. The molecule has 18 heavy (non-hydrogen) atoms. The Labute approximate surface area is 114 Å². The van der Waals surface area contributed by atoms with Crippen LogP contribution in [0.5, 0.6) is 0 Å². The van der Waals surface area contributed by atoms with Gasteiger partial charge in [0.05, 0.1) is 13.2 Å². The van der Waals surface area contributed by atoms with Crippen LogP contribution in [0, 0.1) is 13.8 Å². The van der Waals surface area contributed by atoms with Gasteiger partial charge in [0.25, 0.3) is 5.91 Å². The van der Waals surface area contributed by atoms with E-state index in [9.17, 15) is 4.79 Å². The maximum absolute atomic E-state index is 12.2. The van der Waals surface area contributed by atoms with Crippen molar-refractivity contribution in [2.24, 2.45) is 0 Å². The number of nitrogens with zero attached hydrogens (tertiary/aromatic N) is 1. The Kier molecular flexibility index (Phi) is 6.16. The Hall–Kier alpha value is -1.06. The van der Waals surface area contributed by atoms with Crippen molar-refractivity contribution in [1.82, 2.24) is 4.90 Å². The normalized spacial score (nSPS) is 10.4. The third-order valence-corrected chi connectivity index (χ3v) is 2.92. The van der Waals surface area contributed by atoms with Crippen molar-refractivity contribution in [2.75, 3.05) is 32.7 Å². The lowest BCUT2D eigenvalue weighted by Gasteiger charge is -2.18. The Balaban J connectivity index is 2.60. The smallest absolute Gasteiger partial charge is 0.253 e. The highest BCUT2D eigenvalue weighted by Crippen LogP contribution is 2.12. The molecule has 0 aromatic heterocycles. The van der Waals surface area contributed by atoms with Crippen LogP contribution < -0.4 is 0 Å². The molecule has 1 aromatic rings. The summed E-state index contributed by atoms with van der Waals surface area (Å²) in [7, 11) is 1.79. The van der Waals surface area contributed by atoms with Crippen LogP contribution in [-0.4, -0.2) is 43.5 Å². The minimum absolute atomic E-state index is 0.0330. The van der Waals surface area contributed by atoms with Gasteiger partial charge in [0.2, 0.25) is 0 Å². The van der Waals surface area contributed by atoms with E-state index in [2.05, 4.69) is 0 Å². The second kappa shape index (κ2) is 7.39. The van der Waals surface area contributed by atoms with Gasteiger partial charge in [0.15, 0.2) is 0 Å². The van der Waals surface area contributed by atoms with Crippen LogP contribution in [-0.2, 0) is 4.74 Å². The van der Waals surface area contributed by atoms with Crippen molar-refractivity contribution >= 4 is 17.5 Å². The third-order valence-electron chi connectivity index (χ3n) is 2.76. The van der Waals surface area contributed by atoms with E-state index in [1.807, 2.05) is 32.0 Å². The average molecular weight is 270 g/mol. The first-order valence-corrected chi connectivity index (χ1v) is 6.56. The highest BCUT2D eigenvalue weighted by molar-refractivity contribution is 6.17. The monoisotopic (exact) mass is 269 g/mol. The van der Waals surface area contributed by atoms with Crippen LogP contribution in [0.4, 0.5) is 0 Å². The zero-order valence-corrected chi connectivity index (χ0v) is 12.0. The zero-order chi connectivity index (χ0) is 13.5. The van der Waals surface area contributed by atoms with Gasteiger partial charge in [-0.2, -0.15) is 0 Å². The van der Waals surface area contributed by atoms with Crippen LogP contribution >= 0.6 is 11.6 Å². The van der Waals surface area contributed by atoms with E-state index in [0.29, 0.717) is 25.6 Å². The number of alkyl halides is 1. The fourth-order valence-corrected chi connectivity index (χ4v) is 1.74. The van der Waals surface area contributed by atoms with Crippen LogP contribution in [0.1, 0.15) is 21.5 Å². The topological polar surface area (TPSA) is 29.5 Å². The minimum Gasteiger partial charge on any atom is -0.378 e. The summed E-state index contributed by atoms with van der Waals surface area (Å²) in [6, 6.07) is 5.91. The lowest BCUT2D eigenvalue weighted by atomic mass is 10.0. The van der Waals surface area contributed by atoms with Gasteiger partial charge in [-0.1, -0.05) is 17.7 Å². The number of amides is 1. The molecule has 0 aliphatic rings. The quantitative estimate of drug-likeness (QED) is 0.587. The molecule has 3 nitrogen and oxygen atoms in total. The van der Waals surface area contributed by atoms with Gasteiger partial charge in [-0.05, 0) is 25.5 Å². The van der Waals surface area contributed by atoms with E-state index in [0.717, 1.165) is 16.7 Å². The summed E-state index contributed by atoms with van der Waals surface area (Å²) in [5.41, 5.74) is 2.85. The fourth-order valence-electron chi connectivity index (χ4n) is 1.63. The SMILES string of the molecule is Cc1ccc(C)c(C(=O)N(C)CCOCCCl)c1. The summed E-state index contributed by atoms with van der Waals surface area (Å²) in [4.78, 5) is 13.9. The molecule has 0 spiro atoms. The summed E-state index contributed by atoms with van der Waals surface area (Å²) >= 11 is 5.51. The summed E-state index contributed by atoms with van der Waals surface area (Å²) in [5.74, 6) is 0.514. The lowest BCUT2D eigenvalue weighted by molar-refractivity contribution is 0.0711. The molecule has 0 radical (unpaired) electrons. The van der Waals surface area contributed by atoms with Gasteiger partial charge < -0.3 is 9.64 Å². The summed E-state index contributed by atoms with van der Waals surface area (Å²) in [6.45, 7) is 5.54. The van der Waals surface area contributed by atoms with E-state index < -0.39 is 0 Å². The highest BCUT2D eigenvalue weighted by atomic mass is 35.5. The molecule has 4 heteroatoms. The van der Waals surface area contributed by atoms with Gasteiger partial charge in [-0.15, -0.1) is 11.6 Å². The largest absolute Gasteiger partial charge is 0.378 e. The molecule has 0 unspecified atom stereocenters. The van der Waals surface area contributed by atoms with Crippen molar-refractivity contribution in [3.05, 3.63) is 34.9 Å². The van der Waals surface area contributed by atoms with E-state index in [1.165, 1.54) is 0 Å². The maximum Gasteiger partial charge on any atom is 0.253 e. The summed E-state index contributed by atoms with van der Waals surface area (Å²) in [6.07, 6.45) is 0. The van der Waals surface area contributed by atoms with Crippen LogP contribution in [0.2, 0.25) is 0 Å². The highest BCUT2D eigenvalue weighted by Gasteiger charge is 2.13. The van der Waals surface area contributed by atoms with Gasteiger partial charge in [-0.3, -0.25) is 4.79 Å². The van der Waals surface area contributed by atoms with Crippen molar-refractivity contribution < 1.29 is 9.53 Å². The van der Waals surface area contributed by atoms with Gasteiger partial charge >= 0.3 is 0 Å². The molecule has 0 aliphatic carbocycles. The van der Waals surface area contributed by atoms with Crippen LogP contribution in [0.3, 0.4) is 0 Å². The molecule has 0 atom stereocenters. The van der Waals surface area contributed by atoms with Gasteiger partial charge in [0, 0.05) is 25.0 Å². The van der Waals surface area contributed by atoms with Crippen molar-refractivity contribution in [3.63, 3.8) is 0 Å². The summed E-state index contributed by atoms with van der Waals surface area (Å²) < 4.78 is 5.27. The standard InChI is InChI=1S/C14H20ClNO2/c1-11-4-5-12(2)13(10-11)14(17)16(3)7-9-18-8-6-15/h4-5,10H,6-9H2,1-3H3. The number of benzene rings is 1. The number of hydrogen-bond acceptors (Lipinski definition) is 2. The second-order valence-electron chi connectivity index (χ2n) is 4.35. The van der Waals surface area contributed by atoms with Crippen molar-refractivity contribution in [1.29, 1.82) is 0 Å². The number of aryl methyl sites for hydroxylation is 2. The minimum atomic E-state index is 0.0330. The molecule has 0 bridgehead atoms. The van der Waals surface area contributed by atoms with E-state index in [-0.39, 0.29) is 5.91 Å². The first-order chi connectivity index (χ1) is 8.56. The molecular formula is C14H20ClNO2. The van der Waals surface area contributed by atoms with Gasteiger partial charge in [0.1, 0.15) is 0 Å². The summed E-state index contributed by atoms with van der Waals surface area (Å²) in [5, 5.41) is 0. The molecule has 0 N–H and O–H groups in total. The van der Waals surface area contributed by atoms with E-state index in [4.69, 9.17) is 16.3 Å². The van der Waals surface area contributed by atoms with E-state index >= 15 is 0 Å². The van der Waals surface area contributed by atoms with Crippen LogP contribution in [0.15, 0.2) is 18.2 Å². The molecule has 1 aromatic carbocycles. The molecule has 0 saturated carbocycles. The Morgan fingerprint density at radius 2 is 2.06 bits per heavy atom. The molecule has 0 saturated heterocycles. The number of carbonyl (C=O) groups is 1. The first kappa shape index (κ1) is 15.0. The third kappa shape index (κ3) is 4.31. The second-order valence-corrected chi connectivity index (χ2v) is 4.72. The van der Waals surface area contributed by atoms with Crippen molar-refractivity contribution in [2.45, 2.75) is 13.8 Å². The number of hydrogen-bond donors (Lipinski definition) is 0. The number of rotatable bonds is 6. The Bertz CT molecular complexity index is 407. The molecular weight excluding hydrogens is 250 g/mol. The Morgan fingerprint density at radius 1 is 1.33 bits per heavy atom. The predicted octanol–water partition coefficient (Wildman–Crippen LogP) is 2.63. The Morgan fingerprint density at radius 3 is 2.72 bits per heavy atom. The van der Waals surface area contributed by atoms with E-state index in [1.54, 1.807) is 11.9 Å². The number of halogens is 1. The number of carbonyl (C=O) groups excluding carboxylic acids is 1. The molecule has 0 fully saturated rings. The molecule has 0 aliphatic heterocycles. The predicted molar refractivity (Wildman–Crippen MR) is 74.4 cm³/mol. The molecule has 100 valence electrons.